The molecule has 1 atom stereocenters. The minimum Gasteiger partial charge on any atom is -0.385 e. The van der Waals surface area contributed by atoms with Gasteiger partial charge in [0.15, 0.2) is 0 Å². The summed E-state index contributed by atoms with van der Waals surface area (Å²) >= 11 is 0. The van der Waals surface area contributed by atoms with Crippen LogP contribution in [-0.2, 0) is 5.60 Å². The van der Waals surface area contributed by atoms with Gasteiger partial charge in [0, 0.05) is 32.7 Å². The zero-order valence-electron chi connectivity index (χ0n) is 15.5. The highest BCUT2D eigenvalue weighted by atomic mass is 16.3. The maximum atomic E-state index is 11.2. The molecule has 0 radical (unpaired) electrons. The van der Waals surface area contributed by atoms with Gasteiger partial charge >= 0.3 is 0 Å². The number of piperazine rings is 1. The van der Waals surface area contributed by atoms with E-state index in [1.807, 2.05) is 37.3 Å². The smallest absolute Gasteiger partial charge is 0.0886 e. The molecule has 3 rings (SSSR count). The summed E-state index contributed by atoms with van der Waals surface area (Å²) in [5.74, 6) is 0. The van der Waals surface area contributed by atoms with Crippen LogP contribution in [0, 0.1) is 0 Å². The standard InChI is InChI=1S/C22H30N2O/c1-3-23-15-17-24(18-16-23)14-13-22(2,25)21-12-8-7-11-20(21)19-9-5-4-6-10-19/h4-12,25H,3,13-18H2,1-2H3. The van der Waals surface area contributed by atoms with Crippen molar-refractivity contribution in [3.8, 4) is 11.1 Å². The molecule has 25 heavy (non-hydrogen) atoms. The first-order chi connectivity index (χ1) is 12.1. The van der Waals surface area contributed by atoms with Gasteiger partial charge in [-0.2, -0.15) is 0 Å². The Balaban J connectivity index is 1.70. The molecule has 0 saturated carbocycles. The Labute approximate surface area is 151 Å². The molecule has 1 aliphatic heterocycles. The average Bonchev–Trinajstić information content (AvgIpc) is 2.67. The lowest BCUT2D eigenvalue weighted by Crippen LogP contribution is -2.47. The van der Waals surface area contributed by atoms with Crippen LogP contribution >= 0.6 is 0 Å². The lowest BCUT2D eigenvalue weighted by Gasteiger charge is -2.36. The van der Waals surface area contributed by atoms with Crippen molar-refractivity contribution in [2.75, 3.05) is 39.3 Å². The fraction of sp³-hybridized carbons (Fsp3) is 0.455. The van der Waals surface area contributed by atoms with Gasteiger partial charge in [0.25, 0.3) is 0 Å². The van der Waals surface area contributed by atoms with E-state index in [0.717, 1.165) is 62.4 Å². The molecule has 1 fully saturated rings. The molecule has 1 unspecified atom stereocenters. The largest absolute Gasteiger partial charge is 0.385 e. The van der Waals surface area contributed by atoms with Crippen LogP contribution in [0.1, 0.15) is 25.8 Å². The Morgan fingerprint density at radius 3 is 2.16 bits per heavy atom. The van der Waals surface area contributed by atoms with Crippen LogP contribution in [0.25, 0.3) is 11.1 Å². The van der Waals surface area contributed by atoms with Gasteiger partial charge in [0.2, 0.25) is 0 Å². The van der Waals surface area contributed by atoms with Crippen molar-refractivity contribution in [1.82, 2.24) is 9.80 Å². The van der Waals surface area contributed by atoms with E-state index in [1.165, 1.54) is 0 Å². The van der Waals surface area contributed by atoms with Crippen LogP contribution in [0.3, 0.4) is 0 Å². The van der Waals surface area contributed by atoms with E-state index in [9.17, 15) is 5.11 Å². The summed E-state index contributed by atoms with van der Waals surface area (Å²) in [6.45, 7) is 10.7. The molecule has 3 heteroatoms. The van der Waals surface area contributed by atoms with Gasteiger partial charge < -0.3 is 14.9 Å². The minimum absolute atomic E-state index is 0.753. The van der Waals surface area contributed by atoms with Gasteiger partial charge in [-0.05, 0) is 36.6 Å². The first-order valence-corrected chi connectivity index (χ1v) is 9.42. The van der Waals surface area contributed by atoms with Gasteiger partial charge in [0.1, 0.15) is 0 Å². The second kappa shape index (κ2) is 8.13. The second-order valence-electron chi connectivity index (χ2n) is 7.21. The van der Waals surface area contributed by atoms with E-state index >= 15 is 0 Å². The first kappa shape index (κ1) is 18.1. The number of benzene rings is 2. The molecule has 3 nitrogen and oxygen atoms in total. The Hall–Kier alpha value is -1.68. The minimum atomic E-state index is -0.825. The van der Waals surface area contributed by atoms with E-state index in [0.29, 0.717) is 0 Å². The van der Waals surface area contributed by atoms with Crippen molar-refractivity contribution in [2.45, 2.75) is 25.9 Å². The van der Waals surface area contributed by atoms with E-state index < -0.39 is 5.60 Å². The lowest BCUT2D eigenvalue weighted by molar-refractivity contribution is 0.0293. The number of rotatable bonds is 6. The summed E-state index contributed by atoms with van der Waals surface area (Å²) in [5.41, 5.74) is 2.49. The van der Waals surface area contributed by atoms with E-state index in [4.69, 9.17) is 0 Å². The Morgan fingerprint density at radius 2 is 1.48 bits per heavy atom. The summed E-state index contributed by atoms with van der Waals surface area (Å²) in [5, 5.41) is 11.2. The van der Waals surface area contributed by atoms with Crippen molar-refractivity contribution in [1.29, 1.82) is 0 Å². The highest BCUT2D eigenvalue weighted by molar-refractivity contribution is 5.68. The van der Waals surface area contributed by atoms with E-state index in [-0.39, 0.29) is 0 Å². The molecular formula is C22H30N2O. The summed E-state index contributed by atoms with van der Waals surface area (Å²) in [4.78, 5) is 4.96. The van der Waals surface area contributed by atoms with Gasteiger partial charge in [0.05, 0.1) is 5.60 Å². The fourth-order valence-electron chi connectivity index (χ4n) is 3.66. The molecule has 1 N–H and O–H groups in total. The molecule has 1 heterocycles. The van der Waals surface area contributed by atoms with Gasteiger partial charge in [-0.15, -0.1) is 0 Å². The molecule has 2 aromatic rings. The maximum absolute atomic E-state index is 11.2. The molecule has 1 saturated heterocycles. The summed E-state index contributed by atoms with van der Waals surface area (Å²) in [6, 6.07) is 18.6. The average molecular weight is 338 g/mol. The highest BCUT2D eigenvalue weighted by Crippen LogP contribution is 2.34. The summed E-state index contributed by atoms with van der Waals surface area (Å²) in [7, 11) is 0. The molecule has 1 aliphatic rings. The number of aliphatic hydroxyl groups is 1. The normalized spacial score (nSPS) is 18.8. The molecule has 0 amide bonds. The van der Waals surface area contributed by atoms with Crippen molar-refractivity contribution < 1.29 is 5.11 Å². The number of hydrogen-bond acceptors (Lipinski definition) is 3. The van der Waals surface area contributed by atoms with Crippen LogP contribution in [0.2, 0.25) is 0 Å². The van der Waals surface area contributed by atoms with Crippen molar-refractivity contribution >= 4 is 0 Å². The molecule has 2 aromatic carbocycles. The van der Waals surface area contributed by atoms with Crippen LogP contribution in [0.4, 0.5) is 0 Å². The van der Waals surface area contributed by atoms with Crippen LogP contribution in [-0.4, -0.2) is 54.2 Å². The van der Waals surface area contributed by atoms with E-state index in [1.54, 1.807) is 0 Å². The zero-order chi connectivity index (χ0) is 17.7. The SMILES string of the molecule is CCN1CCN(CCC(C)(O)c2ccccc2-c2ccccc2)CC1. The Morgan fingerprint density at radius 1 is 0.880 bits per heavy atom. The molecule has 134 valence electrons. The molecule has 0 aromatic heterocycles. The maximum Gasteiger partial charge on any atom is 0.0886 e. The predicted molar refractivity (Wildman–Crippen MR) is 105 cm³/mol. The van der Waals surface area contributed by atoms with Gasteiger partial charge in [-0.1, -0.05) is 61.5 Å². The molecule has 0 bridgehead atoms. The molecule has 0 spiro atoms. The first-order valence-electron chi connectivity index (χ1n) is 9.42. The van der Waals surface area contributed by atoms with Crippen molar-refractivity contribution in [2.24, 2.45) is 0 Å². The summed E-state index contributed by atoms with van der Waals surface area (Å²) < 4.78 is 0. The predicted octanol–water partition coefficient (Wildman–Crippen LogP) is 3.59. The lowest BCUT2D eigenvalue weighted by atomic mass is 9.86. The van der Waals surface area contributed by atoms with Gasteiger partial charge in [-0.25, -0.2) is 0 Å². The van der Waals surface area contributed by atoms with Crippen molar-refractivity contribution in [3.63, 3.8) is 0 Å². The fourth-order valence-corrected chi connectivity index (χ4v) is 3.66. The van der Waals surface area contributed by atoms with Crippen LogP contribution in [0.5, 0.6) is 0 Å². The van der Waals surface area contributed by atoms with Crippen LogP contribution < -0.4 is 0 Å². The number of hydrogen-bond donors (Lipinski definition) is 1. The second-order valence-corrected chi connectivity index (χ2v) is 7.21. The topological polar surface area (TPSA) is 26.7 Å². The van der Waals surface area contributed by atoms with Crippen molar-refractivity contribution in [3.05, 3.63) is 60.2 Å². The number of likely N-dealkylation sites (N-methyl/N-ethyl adjacent to an activating group) is 1. The molecule has 0 aliphatic carbocycles. The Bertz CT molecular complexity index is 661. The third-order valence-electron chi connectivity index (χ3n) is 5.42. The monoisotopic (exact) mass is 338 g/mol. The summed E-state index contributed by atoms with van der Waals surface area (Å²) in [6.07, 6.45) is 0.753. The third kappa shape index (κ3) is 4.49. The van der Waals surface area contributed by atoms with Gasteiger partial charge in [-0.3, -0.25) is 0 Å². The molecular weight excluding hydrogens is 308 g/mol. The van der Waals surface area contributed by atoms with Crippen LogP contribution in [0.15, 0.2) is 54.6 Å². The zero-order valence-corrected chi connectivity index (χ0v) is 15.5. The quantitative estimate of drug-likeness (QED) is 0.872. The highest BCUT2D eigenvalue weighted by Gasteiger charge is 2.27. The van der Waals surface area contributed by atoms with E-state index in [2.05, 4.69) is 41.0 Å². The Kier molecular flexibility index (Phi) is 5.89. The third-order valence-corrected chi connectivity index (χ3v) is 5.42. The number of nitrogens with zero attached hydrogens (tertiary/aromatic N) is 2.